The molecule has 2 rings (SSSR count). The molecule has 0 bridgehead atoms. The molecule has 1 unspecified atom stereocenters. The minimum Gasteiger partial charge on any atom is -0.469 e. The van der Waals surface area contributed by atoms with E-state index in [4.69, 9.17) is 4.74 Å². The van der Waals surface area contributed by atoms with Crippen LogP contribution in [0, 0.1) is 5.92 Å². The van der Waals surface area contributed by atoms with Crippen molar-refractivity contribution in [3.8, 4) is 0 Å². The molecule has 1 saturated carbocycles. The normalized spacial score (nSPS) is 17.4. The van der Waals surface area contributed by atoms with E-state index in [1.54, 1.807) is 11.3 Å². The summed E-state index contributed by atoms with van der Waals surface area (Å²) in [6.07, 6.45) is 5.58. The van der Waals surface area contributed by atoms with Crippen LogP contribution in [-0.2, 0) is 14.3 Å². The van der Waals surface area contributed by atoms with E-state index in [1.807, 2.05) is 17.5 Å². The Kier molecular flexibility index (Phi) is 5.59. The van der Waals surface area contributed by atoms with E-state index in [-0.39, 0.29) is 30.3 Å². The summed E-state index contributed by atoms with van der Waals surface area (Å²) in [5, 5.41) is 4.98. The van der Waals surface area contributed by atoms with E-state index < -0.39 is 0 Å². The average Bonchev–Trinajstić information content (AvgIpc) is 3.01. The van der Waals surface area contributed by atoms with Crippen molar-refractivity contribution in [1.82, 2.24) is 5.32 Å². The molecule has 4 nitrogen and oxygen atoms in total. The summed E-state index contributed by atoms with van der Waals surface area (Å²) >= 11 is 1.55. The molecule has 1 aromatic rings. The number of esters is 1. The minimum atomic E-state index is -0.299. The Morgan fingerprint density at radius 3 is 2.75 bits per heavy atom. The third-order valence-electron chi connectivity index (χ3n) is 3.78. The fourth-order valence-corrected chi connectivity index (χ4v) is 3.39. The fourth-order valence-electron chi connectivity index (χ4n) is 2.62. The van der Waals surface area contributed by atoms with Gasteiger partial charge in [0, 0.05) is 10.8 Å². The number of ether oxygens (including phenoxy) is 1. The summed E-state index contributed by atoms with van der Waals surface area (Å²) in [6, 6.07) is 3.60. The third kappa shape index (κ3) is 4.07. The van der Waals surface area contributed by atoms with E-state index in [9.17, 15) is 9.59 Å². The molecule has 0 saturated heterocycles. The van der Waals surface area contributed by atoms with E-state index in [2.05, 4.69) is 5.32 Å². The number of carbonyl (C=O) groups is 2. The first-order valence-electron chi connectivity index (χ1n) is 7.11. The third-order valence-corrected chi connectivity index (χ3v) is 4.76. The van der Waals surface area contributed by atoms with Gasteiger partial charge in [-0.3, -0.25) is 9.59 Å². The van der Waals surface area contributed by atoms with Gasteiger partial charge in [0.15, 0.2) is 0 Å². The van der Waals surface area contributed by atoms with Gasteiger partial charge in [0.05, 0.1) is 19.6 Å². The summed E-state index contributed by atoms with van der Waals surface area (Å²) in [5.74, 6) is -0.122. The monoisotopic (exact) mass is 295 g/mol. The molecule has 1 N–H and O–H groups in total. The maximum absolute atomic E-state index is 12.3. The van der Waals surface area contributed by atoms with Crippen LogP contribution in [0.1, 0.15) is 49.4 Å². The molecule has 110 valence electrons. The van der Waals surface area contributed by atoms with Gasteiger partial charge in [-0.15, -0.1) is 11.3 Å². The Labute approximate surface area is 123 Å². The SMILES string of the molecule is COC(=O)CC(NC(=O)C1CCCCC1)c1cccs1. The second-order valence-corrected chi connectivity index (χ2v) is 6.17. The smallest absolute Gasteiger partial charge is 0.307 e. The average molecular weight is 295 g/mol. The minimum absolute atomic E-state index is 0.0759. The number of thiophene rings is 1. The number of rotatable bonds is 5. The maximum atomic E-state index is 12.3. The molecule has 1 heterocycles. The molecule has 1 aliphatic rings. The Hall–Kier alpha value is -1.36. The molecule has 1 amide bonds. The first-order chi connectivity index (χ1) is 9.70. The van der Waals surface area contributed by atoms with Crippen LogP contribution in [0.3, 0.4) is 0 Å². The first-order valence-corrected chi connectivity index (χ1v) is 7.99. The summed E-state index contributed by atoms with van der Waals surface area (Å²) < 4.78 is 4.72. The van der Waals surface area contributed by atoms with Gasteiger partial charge < -0.3 is 10.1 Å². The van der Waals surface area contributed by atoms with Crippen LogP contribution in [0.5, 0.6) is 0 Å². The molecule has 0 aliphatic heterocycles. The second-order valence-electron chi connectivity index (χ2n) is 5.19. The quantitative estimate of drug-likeness (QED) is 0.849. The molecular formula is C15H21NO3S. The molecule has 1 fully saturated rings. The molecule has 20 heavy (non-hydrogen) atoms. The van der Waals surface area contributed by atoms with Crippen molar-refractivity contribution in [3.63, 3.8) is 0 Å². The van der Waals surface area contributed by atoms with Gasteiger partial charge in [0.1, 0.15) is 0 Å². The first kappa shape index (κ1) is 15.0. The molecule has 0 radical (unpaired) electrons. The highest BCUT2D eigenvalue weighted by Gasteiger charge is 2.25. The highest BCUT2D eigenvalue weighted by molar-refractivity contribution is 7.10. The topological polar surface area (TPSA) is 55.4 Å². The summed E-state index contributed by atoms with van der Waals surface area (Å²) in [6.45, 7) is 0. The zero-order chi connectivity index (χ0) is 14.4. The van der Waals surface area contributed by atoms with Crippen molar-refractivity contribution < 1.29 is 14.3 Å². The van der Waals surface area contributed by atoms with Crippen LogP contribution >= 0.6 is 11.3 Å². The van der Waals surface area contributed by atoms with Crippen LogP contribution in [0.2, 0.25) is 0 Å². The molecule has 0 spiro atoms. The lowest BCUT2D eigenvalue weighted by atomic mass is 9.88. The zero-order valence-corrected chi connectivity index (χ0v) is 12.6. The van der Waals surface area contributed by atoms with Crippen molar-refractivity contribution in [2.45, 2.75) is 44.6 Å². The van der Waals surface area contributed by atoms with Crippen molar-refractivity contribution >= 4 is 23.2 Å². The Morgan fingerprint density at radius 1 is 1.40 bits per heavy atom. The van der Waals surface area contributed by atoms with Crippen LogP contribution in [0.25, 0.3) is 0 Å². The number of amides is 1. The lowest BCUT2D eigenvalue weighted by Gasteiger charge is -2.24. The Balaban J connectivity index is 1.99. The standard InChI is InChI=1S/C15H21NO3S/c1-19-14(17)10-12(13-8-5-9-20-13)16-15(18)11-6-3-2-4-7-11/h5,8-9,11-12H,2-4,6-7,10H2,1H3,(H,16,18). The van der Waals surface area contributed by atoms with E-state index >= 15 is 0 Å². The van der Waals surface area contributed by atoms with E-state index in [0.29, 0.717) is 0 Å². The van der Waals surface area contributed by atoms with Crippen molar-refractivity contribution in [1.29, 1.82) is 0 Å². The number of hydrogen-bond donors (Lipinski definition) is 1. The molecule has 1 aliphatic carbocycles. The number of hydrogen-bond acceptors (Lipinski definition) is 4. The van der Waals surface area contributed by atoms with Gasteiger partial charge in [-0.1, -0.05) is 25.3 Å². The molecular weight excluding hydrogens is 274 g/mol. The number of nitrogens with one attached hydrogen (secondary N) is 1. The van der Waals surface area contributed by atoms with Crippen LogP contribution in [0.15, 0.2) is 17.5 Å². The predicted octanol–water partition coefficient (Wildman–Crippen LogP) is 3.05. The van der Waals surface area contributed by atoms with Crippen molar-refractivity contribution in [2.24, 2.45) is 5.92 Å². The Morgan fingerprint density at radius 2 is 2.15 bits per heavy atom. The van der Waals surface area contributed by atoms with Gasteiger partial charge in [-0.2, -0.15) is 0 Å². The molecule has 1 atom stereocenters. The van der Waals surface area contributed by atoms with Crippen molar-refractivity contribution in [2.75, 3.05) is 7.11 Å². The Bertz CT molecular complexity index is 438. The van der Waals surface area contributed by atoms with E-state index in [0.717, 1.165) is 30.6 Å². The fraction of sp³-hybridized carbons (Fsp3) is 0.600. The van der Waals surface area contributed by atoms with Gasteiger partial charge in [0.2, 0.25) is 5.91 Å². The maximum Gasteiger partial charge on any atom is 0.307 e. The van der Waals surface area contributed by atoms with Crippen LogP contribution in [-0.4, -0.2) is 19.0 Å². The highest BCUT2D eigenvalue weighted by Crippen LogP contribution is 2.27. The molecule has 5 heteroatoms. The molecule has 1 aromatic heterocycles. The van der Waals surface area contributed by atoms with Gasteiger partial charge >= 0.3 is 5.97 Å². The predicted molar refractivity (Wildman–Crippen MR) is 78.4 cm³/mol. The van der Waals surface area contributed by atoms with Gasteiger partial charge in [0.25, 0.3) is 0 Å². The van der Waals surface area contributed by atoms with E-state index in [1.165, 1.54) is 13.5 Å². The van der Waals surface area contributed by atoms with Gasteiger partial charge in [-0.05, 0) is 24.3 Å². The summed E-state index contributed by atoms with van der Waals surface area (Å²) in [5.41, 5.74) is 0. The number of methoxy groups -OCH3 is 1. The van der Waals surface area contributed by atoms with Crippen molar-refractivity contribution in [3.05, 3.63) is 22.4 Å². The number of carbonyl (C=O) groups excluding carboxylic acids is 2. The van der Waals surface area contributed by atoms with Crippen LogP contribution < -0.4 is 5.32 Å². The molecule has 0 aromatic carbocycles. The largest absolute Gasteiger partial charge is 0.469 e. The lowest BCUT2D eigenvalue weighted by molar-refractivity contribution is -0.141. The lowest BCUT2D eigenvalue weighted by Crippen LogP contribution is -2.35. The second kappa shape index (κ2) is 7.43. The summed E-state index contributed by atoms with van der Waals surface area (Å²) in [4.78, 5) is 24.8. The zero-order valence-electron chi connectivity index (χ0n) is 11.8. The highest BCUT2D eigenvalue weighted by atomic mass is 32.1. The summed E-state index contributed by atoms with van der Waals surface area (Å²) in [7, 11) is 1.37. The van der Waals surface area contributed by atoms with Crippen LogP contribution in [0.4, 0.5) is 0 Å². The van der Waals surface area contributed by atoms with Gasteiger partial charge in [-0.25, -0.2) is 0 Å².